The normalized spacial score (nSPS) is 18.4. The highest BCUT2D eigenvalue weighted by Gasteiger charge is 2.36. The Morgan fingerprint density at radius 1 is 1.00 bits per heavy atom. The molecule has 3 heterocycles. The van der Waals surface area contributed by atoms with Gasteiger partial charge in [-0.3, -0.25) is 0 Å². The van der Waals surface area contributed by atoms with Crippen LogP contribution < -0.4 is 14.8 Å². The fourth-order valence-corrected chi connectivity index (χ4v) is 4.56. The highest BCUT2D eigenvalue weighted by atomic mass is 16.7. The lowest BCUT2D eigenvalue weighted by atomic mass is 10.0. The van der Waals surface area contributed by atoms with E-state index in [1.807, 2.05) is 20.8 Å². The summed E-state index contributed by atoms with van der Waals surface area (Å²) in [6, 6.07) is 13.9. The van der Waals surface area contributed by atoms with Crippen molar-refractivity contribution in [1.82, 2.24) is 14.7 Å². The molecule has 5 rings (SSSR count). The average Bonchev–Trinajstić information content (AvgIpc) is 3.42. The largest absolute Gasteiger partial charge is 0.454 e. The van der Waals surface area contributed by atoms with Crippen molar-refractivity contribution in [2.45, 2.75) is 32.4 Å². The summed E-state index contributed by atoms with van der Waals surface area (Å²) in [5.41, 5.74) is 3.06. The minimum absolute atomic E-state index is 0.105. The van der Waals surface area contributed by atoms with Crippen LogP contribution in [-0.2, 0) is 6.54 Å². The fourth-order valence-electron chi connectivity index (χ4n) is 4.56. The SMILES string of the molecule is Cc1ccc(CN2CCN(C3CCN(C(=O)Nc4ccc5c(c4)OCO5)CC3)C2=O)cc1. The smallest absolute Gasteiger partial charge is 0.321 e. The van der Waals surface area contributed by atoms with E-state index in [4.69, 9.17) is 9.47 Å². The Bertz CT molecular complexity index is 1000. The highest BCUT2D eigenvalue weighted by molar-refractivity contribution is 5.90. The van der Waals surface area contributed by atoms with Crippen molar-refractivity contribution in [3.8, 4) is 11.5 Å². The highest BCUT2D eigenvalue weighted by Crippen LogP contribution is 2.34. The molecule has 2 fully saturated rings. The van der Waals surface area contributed by atoms with E-state index in [0.717, 1.165) is 31.5 Å². The summed E-state index contributed by atoms with van der Waals surface area (Å²) >= 11 is 0. The van der Waals surface area contributed by atoms with Gasteiger partial charge in [-0.05, 0) is 37.5 Å². The first-order valence-corrected chi connectivity index (χ1v) is 11.1. The number of nitrogens with one attached hydrogen (secondary N) is 1. The number of ether oxygens (including phenoxy) is 2. The van der Waals surface area contributed by atoms with Crippen molar-refractivity contribution in [1.29, 1.82) is 0 Å². The quantitative estimate of drug-likeness (QED) is 0.794. The number of aryl methyl sites for hydroxylation is 1. The molecule has 8 heteroatoms. The lowest BCUT2D eigenvalue weighted by Crippen LogP contribution is -2.49. The molecule has 0 saturated carbocycles. The van der Waals surface area contributed by atoms with E-state index in [0.29, 0.717) is 36.8 Å². The van der Waals surface area contributed by atoms with Crippen molar-refractivity contribution < 1.29 is 19.1 Å². The number of urea groups is 2. The van der Waals surface area contributed by atoms with Crippen molar-refractivity contribution in [3.05, 3.63) is 53.6 Å². The summed E-state index contributed by atoms with van der Waals surface area (Å²) in [4.78, 5) is 31.4. The summed E-state index contributed by atoms with van der Waals surface area (Å²) in [6.07, 6.45) is 1.58. The molecule has 0 radical (unpaired) electrons. The maximum absolute atomic E-state index is 13.0. The van der Waals surface area contributed by atoms with Crippen LogP contribution in [0, 0.1) is 6.92 Å². The maximum atomic E-state index is 13.0. The molecule has 3 aliphatic rings. The number of carbonyl (C=O) groups excluding carboxylic acids is 2. The number of piperidine rings is 1. The van der Waals surface area contributed by atoms with Crippen LogP contribution in [-0.4, -0.2) is 65.8 Å². The molecule has 3 aliphatic heterocycles. The molecule has 168 valence electrons. The number of rotatable bonds is 4. The fraction of sp³-hybridized carbons (Fsp3) is 0.417. The Labute approximate surface area is 187 Å². The van der Waals surface area contributed by atoms with Gasteiger partial charge in [0.25, 0.3) is 0 Å². The number of anilines is 1. The third-order valence-corrected chi connectivity index (χ3v) is 6.44. The molecule has 4 amide bonds. The Morgan fingerprint density at radius 2 is 1.75 bits per heavy atom. The van der Waals surface area contributed by atoms with Gasteiger partial charge in [0.15, 0.2) is 11.5 Å². The van der Waals surface area contributed by atoms with Crippen LogP contribution in [0.4, 0.5) is 15.3 Å². The van der Waals surface area contributed by atoms with Gasteiger partial charge in [0.05, 0.1) is 0 Å². The number of nitrogens with zero attached hydrogens (tertiary/aromatic N) is 3. The van der Waals surface area contributed by atoms with Crippen LogP contribution >= 0.6 is 0 Å². The predicted octanol–water partition coefficient (Wildman–Crippen LogP) is 3.66. The van der Waals surface area contributed by atoms with E-state index >= 15 is 0 Å². The number of fused-ring (bicyclic) bond motifs is 1. The van der Waals surface area contributed by atoms with E-state index in [9.17, 15) is 9.59 Å². The van der Waals surface area contributed by atoms with Crippen molar-refractivity contribution in [2.75, 3.05) is 38.3 Å². The second-order valence-corrected chi connectivity index (χ2v) is 8.60. The number of amides is 4. The second kappa shape index (κ2) is 8.61. The van der Waals surface area contributed by atoms with Gasteiger partial charge in [-0.15, -0.1) is 0 Å². The van der Waals surface area contributed by atoms with Crippen molar-refractivity contribution in [3.63, 3.8) is 0 Å². The average molecular weight is 437 g/mol. The first-order valence-electron chi connectivity index (χ1n) is 11.1. The molecule has 0 atom stereocenters. The van der Waals surface area contributed by atoms with Gasteiger partial charge in [0.1, 0.15) is 0 Å². The van der Waals surface area contributed by atoms with Gasteiger partial charge in [-0.1, -0.05) is 29.8 Å². The summed E-state index contributed by atoms with van der Waals surface area (Å²) in [5.74, 6) is 1.33. The Morgan fingerprint density at radius 3 is 2.53 bits per heavy atom. The third-order valence-electron chi connectivity index (χ3n) is 6.44. The van der Waals surface area contributed by atoms with Crippen LogP contribution in [0.1, 0.15) is 24.0 Å². The van der Waals surface area contributed by atoms with E-state index in [-0.39, 0.29) is 24.9 Å². The monoisotopic (exact) mass is 436 g/mol. The summed E-state index contributed by atoms with van der Waals surface area (Å²) in [5, 5.41) is 2.94. The molecule has 8 nitrogen and oxygen atoms in total. The number of hydrogen-bond acceptors (Lipinski definition) is 4. The second-order valence-electron chi connectivity index (χ2n) is 8.60. The van der Waals surface area contributed by atoms with E-state index in [1.54, 1.807) is 12.1 Å². The predicted molar refractivity (Wildman–Crippen MR) is 120 cm³/mol. The number of hydrogen-bond donors (Lipinski definition) is 1. The lowest BCUT2D eigenvalue weighted by molar-refractivity contribution is 0.139. The molecule has 0 unspecified atom stereocenters. The first kappa shape index (κ1) is 20.5. The van der Waals surface area contributed by atoms with Gasteiger partial charge < -0.3 is 29.5 Å². The van der Waals surface area contributed by atoms with Gasteiger partial charge >= 0.3 is 12.1 Å². The van der Waals surface area contributed by atoms with Crippen LogP contribution in [0.25, 0.3) is 0 Å². The number of carbonyl (C=O) groups is 2. The topological polar surface area (TPSA) is 74.3 Å². The van der Waals surface area contributed by atoms with Gasteiger partial charge in [0, 0.05) is 50.5 Å². The van der Waals surface area contributed by atoms with Crippen molar-refractivity contribution in [2.24, 2.45) is 0 Å². The Kier molecular flexibility index (Phi) is 5.51. The molecule has 0 bridgehead atoms. The zero-order valence-electron chi connectivity index (χ0n) is 18.3. The Balaban J connectivity index is 1.12. The summed E-state index contributed by atoms with van der Waals surface area (Å²) < 4.78 is 10.7. The van der Waals surface area contributed by atoms with Crippen LogP contribution in [0.5, 0.6) is 11.5 Å². The number of benzene rings is 2. The Hall–Kier alpha value is -3.42. The molecule has 0 aliphatic carbocycles. The third kappa shape index (κ3) is 4.17. The van der Waals surface area contributed by atoms with Crippen LogP contribution in [0.15, 0.2) is 42.5 Å². The van der Waals surface area contributed by atoms with Crippen molar-refractivity contribution >= 4 is 17.7 Å². The minimum atomic E-state index is -0.129. The molecule has 0 spiro atoms. The molecule has 1 N–H and O–H groups in total. The molecule has 2 aromatic rings. The summed E-state index contributed by atoms with van der Waals surface area (Å²) in [6.45, 7) is 5.67. The van der Waals surface area contributed by atoms with Gasteiger partial charge in [-0.25, -0.2) is 9.59 Å². The molecular weight excluding hydrogens is 408 g/mol. The minimum Gasteiger partial charge on any atom is -0.454 e. The zero-order chi connectivity index (χ0) is 22.1. The molecule has 2 aromatic carbocycles. The van der Waals surface area contributed by atoms with Gasteiger partial charge in [0.2, 0.25) is 6.79 Å². The van der Waals surface area contributed by atoms with E-state index in [2.05, 4.69) is 36.5 Å². The van der Waals surface area contributed by atoms with E-state index in [1.165, 1.54) is 5.56 Å². The molecule has 0 aromatic heterocycles. The standard InChI is InChI=1S/C24H28N4O4/c1-17-2-4-18(5-3-17)15-27-12-13-28(24(27)30)20-8-10-26(11-9-20)23(29)25-19-6-7-21-22(14-19)32-16-31-21/h2-7,14,20H,8-13,15-16H2,1H3,(H,25,29). The van der Waals surface area contributed by atoms with E-state index < -0.39 is 0 Å². The van der Waals surface area contributed by atoms with Crippen LogP contribution in [0.3, 0.4) is 0 Å². The summed E-state index contributed by atoms with van der Waals surface area (Å²) in [7, 11) is 0. The lowest BCUT2D eigenvalue weighted by Gasteiger charge is -2.36. The van der Waals surface area contributed by atoms with Crippen LogP contribution in [0.2, 0.25) is 0 Å². The molecule has 32 heavy (non-hydrogen) atoms. The first-order chi connectivity index (χ1) is 15.6. The molecule has 2 saturated heterocycles. The molecular formula is C24H28N4O4. The zero-order valence-corrected chi connectivity index (χ0v) is 18.3. The number of likely N-dealkylation sites (tertiary alicyclic amines) is 1. The van der Waals surface area contributed by atoms with Gasteiger partial charge in [-0.2, -0.15) is 0 Å². The maximum Gasteiger partial charge on any atom is 0.321 e.